The Hall–Kier alpha value is -1.15. The van der Waals surface area contributed by atoms with Gasteiger partial charge in [0, 0.05) is 6.54 Å². The molecule has 0 aliphatic heterocycles. The molecule has 0 aromatic heterocycles. The monoisotopic (exact) mass is 279 g/mol. The van der Waals surface area contributed by atoms with E-state index in [1.165, 1.54) is 6.92 Å². The average molecular weight is 279 g/mol. The number of sulfone groups is 1. The van der Waals surface area contributed by atoms with E-state index in [1.54, 1.807) is 13.8 Å². The maximum atomic E-state index is 11.8. The van der Waals surface area contributed by atoms with E-state index in [4.69, 9.17) is 5.73 Å². The number of nitrogens with two attached hydrogens (primary N) is 1. The predicted molar refractivity (Wildman–Crippen MR) is 68.7 cm³/mol. The summed E-state index contributed by atoms with van der Waals surface area (Å²) in [5.74, 6) is -1.23. The molecular weight excluding hydrogens is 258 g/mol. The minimum atomic E-state index is -3.60. The van der Waals surface area contributed by atoms with Crippen LogP contribution in [0.4, 0.5) is 4.79 Å². The van der Waals surface area contributed by atoms with Crippen molar-refractivity contribution < 1.29 is 18.0 Å². The lowest BCUT2D eigenvalue weighted by atomic mass is 10.2. The predicted octanol–water partition coefficient (Wildman–Crippen LogP) is -0.770. The molecule has 0 fully saturated rings. The normalized spacial score (nSPS) is 14.7. The summed E-state index contributed by atoms with van der Waals surface area (Å²) < 4.78 is 23.7. The van der Waals surface area contributed by atoms with Gasteiger partial charge in [-0.3, -0.25) is 10.1 Å². The standard InChI is InChI=1S/C10H21N3O4S/c1-4-12-10(15)13-9(14)8(3)18(16,17)6-7(2)5-11/h7-8H,4-6,11H2,1-3H3,(H2,12,13,14,15). The first-order valence-electron chi connectivity index (χ1n) is 5.74. The van der Waals surface area contributed by atoms with Crippen LogP contribution in [0.25, 0.3) is 0 Å². The number of imide groups is 1. The number of urea groups is 1. The molecule has 0 aromatic carbocycles. The van der Waals surface area contributed by atoms with Gasteiger partial charge in [0.2, 0.25) is 5.91 Å². The molecule has 3 amide bonds. The van der Waals surface area contributed by atoms with E-state index in [9.17, 15) is 18.0 Å². The summed E-state index contributed by atoms with van der Waals surface area (Å²) in [7, 11) is -3.60. The lowest BCUT2D eigenvalue weighted by molar-refractivity contribution is -0.119. The molecule has 8 heteroatoms. The third kappa shape index (κ3) is 5.46. The van der Waals surface area contributed by atoms with Gasteiger partial charge in [0.25, 0.3) is 0 Å². The minimum absolute atomic E-state index is 0.173. The van der Waals surface area contributed by atoms with Gasteiger partial charge in [0.05, 0.1) is 5.75 Å². The molecule has 0 radical (unpaired) electrons. The zero-order valence-electron chi connectivity index (χ0n) is 10.9. The number of rotatable bonds is 6. The second kappa shape index (κ2) is 7.32. The van der Waals surface area contributed by atoms with Crippen LogP contribution in [0, 0.1) is 5.92 Å². The lowest BCUT2D eigenvalue weighted by Crippen LogP contribution is -2.46. The molecule has 106 valence electrons. The van der Waals surface area contributed by atoms with Crippen LogP contribution >= 0.6 is 0 Å². The number of hydrogen-bond acceptors (Lipinski definition) is 5. The average Bonchev–Trinajstić information content (AvgIpc) is 2.27. The first-order valence-corrected chi connectivity index (χ1v) is 7.46. The maximum Gasteiger partial charge on any atom is 0.321 e. The molecule has 0 aliphatic carbocycles. The first-order chi connectivity index (χ1) is 8.24. The van der Waals surface area contributed by atoms with Crippen molar-refractivity contribution in [3.05, 3.63) is 0 Å². The fraction of sp³-hybridized carbons (Fsp3) is 0.800. The van der Waals surface area contributed by atoms with E-state index in [1.807, 2.05) is 5.32 Å². The fourth-order valence-corrected chi connectivity index (χ4v) is 2.79. The molecule has 18 heavy (non-hydrogen) atoms. The van der Waals surface area contributed by atoms with Crippen molar-refractivity contribution >= 4 is 21.8 Å². The Balaban J connectivity index is 4.58. The minimum Gasteiger partial charge on any atom is -0.338 e. The molecule has 0 rings (SSSR count). The number of carbonyl (C=O) groups excluding carboxylic acids is 2. The van der Waals surface area contributed by atoms with Crippen molar-refractivity contribution in [3.63, 3.8) is 0 Å². The van der Waals surface area contributed by atoms with E-state index in [0.717, 1.165) is 0 Å². The Morgan fingerprint density at radius 3 is 2.28 bits per heavy atom. The third-order valence-electron chi connectivity index (χ3n) is 2.40. The number of carbonyl (C=O) groups is 2. The van der Waals surface area contributed by atoms with Crippen molar-refractivity contribution in [1.29, 1.82) is 0 Å². The lowest BCUT2D eigenvalue weighted by Gasteiger charge is -2.15. The molecule has 0 saturated carbocycles. The Morgan fingerprint density at radius 2 is 1.83 bits per heavy atom. The summed E-state index contributed by atoms with van der Waals surface area (Å²) in [4.78, 5) is 22.7. The van der Waals surface area contributed by atoms with Gasteiger partial charge in [0.1, 0.15) is 5.25 Å². The van der Waals surface area contributed by atoms with E-state index in [-0.39, 0.29) is 18.2 Å². The van der Waals surface area contributed by atoms with Gasteiger partial charge in [0.15, 0.2) is 9.84 Å². The second-order valence-corrected chi connectivity index (χ2v) is 6.53. The van der Waals surface area contributed by atoms with Gasteiger partial charge >= 0.3 is 6.03 Å². The molecular formula is C10H21N3O4S. The van der Waals surface area contributed by atoms with E-state index in [2.05, 4.69) is 5.32 Å². The molecule has 7 nitrogen and oxygen atoms in total. The molecule has 0 saturated heterocycles. The zero-order chi connectivity index (χ0) is 14.3. The molecule has 2 unspecified atom stereocenters. The van der Waals surface area contributed by atoms with Crippen LogP contribution in [0.15, 0.2) is 0 Å². The van der Waals surface area contributed by atoms with Crippen molar-refractivity contribution in [1.82, 2.24) is 10.6 Å². The zero-order valence-corrected chi connectivity index (χ0v) is 11.7. The highest BCUT2D eigenvalue weighted by Crippen LogP contribution is 2.07. The van der Waals surface area contributed by atoms with Crippen LogP contribution in [0.2, 0.25) is 0 Å². The molecule has 2 atom stereocenters. The van der Waals surface area contributed by atoms with Crippen LogP contribution in [0.3, 0.4) is 0 Å². The van der Waals surface area contributed by atoms with Crippen LogP contribution in [0.1, 0.15) is 20.8 Å². The van der Waals surface area contributed by atoms with Crippen molar-refractivity contribution in [2.24, 2.45) is 11.7 Å². The van der Waals surface area contributed by atoms with Gasteiger partial charge in [-0.1, -0.05) is 6.92 Å². The van der Waals surface area contributed by atoms with Crippen LogP contribution < -0.4 is 16.4 Å². The quantitative estimate of drug-likeness (QED) is 0.590. The van der Waals surface area contributed by atoms with Gasteiger partial charge in [-0.2, -0.15) is 0 Å². The fourth-order valence-electron chi connectivity index (χ4n) is 1.19. The Kier molecular flexibility index (Phi) is 6.85. The van der Waals surface area contributed by atoms with Gasteiger partial charge in [-0.15, -0.1) is 0 Å². The number of hydrogen-bond donors (Lipinski definition) is 3. The van der Waals surface area contributed by atoms with Crippen LogP contribution in [0.5, 0.6) is 0 Å². The Bertz CT molecular complexity index is 394. The topological polar surface area (TPSA) is 118 Å². The highest BCUT2D eigenvalue weighted by molar-refractivity contribution is 7.92. The summed E-state index contributed by atoms with van der Waals surface area (Å²) in [5.41, 5.74) is 5.35. The maximum absolute atomic E-state index is 11.8. The smallest absolute Gasteiger partial charge is 0.321 e. The first kappa shape index (κ1) is 16.9. The van der Waals surface area contributed by atoms with Crippen molar-refractivity contribution in [3.8, 4) is 0 Å². The summed E-state index contributed by atoms with van der Waals surface area (Å²) >= 11 is 0. The van der Waals surface area contributed by atoms with Crippen LogP contribution in [-0.4, -0.2) is 44.4 Å². The van der Waals surface area contributed by atoms with E-state index >= 15 is 0 Å². The summed E-state index contributed by atoms with van der Waals surface area (Å²) in [6, 6.07) is -0.698. The number of nitrogens with one attached hydrogen (secondary N) is 2. The van der Waals surface area contributed by atoms with Crippen LogP contribution in [-0.2, 0) is 14.6 Å². The molecule has 0 heterocycles. The summed E-state index contributed by atoms with van der Waals surface area (Å²) in [6.45, 7) is 5.21. The van der Waals surface area contributed by atoms with Gasteiger partial charge in [-0.05, 0) is 26.3 Å². The van der Waals surface area contributed by atoms with Crippen molar-refractivity contribution in [2.75, 3.05) is 18.8 Å². The Morgan fingerprint density at radius 1 is 1.28 bits per heavy atom. The van der Waals surface area contributed by atoms with Gasteiger partial charge < -0.3 is 11.1 Å². The SMILES string of the molecule is CCNC(=O)NC(=O)C(C)S(=O)(=O)CC(C)CN. The van der Waals surface area contributed by atoms with Crippen molar-refractivity contribution in [2.45, 2.75) is 26.0 Å². The largest absolute Gasteiger partial charge is 0.338 e. The highest BCUT2D eigenvalue weighted by atomic mass is 32.2. The molecule has 0 aromatic rings. The second-order valence-electron chi connectivity index (χ2n) is 4.16. The Labute approximate surface area is 107 Å². The highest BCUT2D eigenvalue weighted by Gasteiger charge is 2.30. The third-order valence-corrected chi connectivity index (χ3v) is 4.73. The molecule has 4 N–H and O–H groups in total. The molecule has 0 aliphatic rings. The molecule has 0 spiro atoms. The summed E-state index contributed by atoms with van der Waals surface area (Å²) in [6.07, 6.45) is 0. The molecule has 0 bridgehead atoms. The van der Waals surface area contributed by atoms with E-state index in [0.29, 0.717) is 6.54 Å². The van der Waals surface area contributed by atoms with Gasteiger partial charge in [-0.25, -0.2) is 13.2 Å². The van der Waals surface area contributed by atoms with E-state index < -0.39 is 27.0 Å². The summed E-state index contributed by atoms with van der Waals surface area (Å²) in [5, 5.41) is 3.06. The number of amides is 3.